The van der Waals surface area contributed by atoms with Gasteiger partial charge in [0.2, 0.25) is 0 Å². The molecule has 0 aromatic heterocycles. The smallest absolute Gasteiger partial charge is 0.438 e. The standard InChI is InChI=1S/C11H9F11O3.C10H7F11O2/c1-2-6(24)25-4-5(23)3-7(12,13)9(15,16)8(14,10(17,18)19)11(20,21)22;1-2-5(22)23-4-3-6(11,12)8(14,15)7(13,9(16,17)18)10(19,20)21/h2,5,23H,1,3-4H2;2H,1,3-4H2. The molecule has 0 rings (SSSR count). The van der Waals surface area contributed by atoms with E-state index in [1.54, 1.807) is 0 Å². The Bertz CT molecular complexity index is 1090. The molecule has 5 nitrogen and oxygen atoms in total. The summed E-state index contributed by atoms with van der Waals surface area (Å²) in [4.78, 5) is 21.0. The summed E-state index contributed by atoms with van der Waals surface area (Å²) in [5.74, 6) is -29.8. The van der Waals surface area contributed by atoms with Crippen LogP contribution in [0, 0.1) is 0 Å². The molecule has 1 N–H and O–H groups in total. The van der Waals surface area contributed by atoms with Crippen molar-refractivity contribution >= 4 is 11.9 Å². The van der Waals surface area contributed by atoms with Crippen molar-refractivity contribution in [1.82, 2.24) is 0 Å². The number of carbonyl (C=O) groups excluding carboxylic acids is 2. The van der Waals surface area contributed by atoms with Gasteiger partial charge >= 0.3 is 71.7 Å². The maximum absolute atomic E-state index is 13.3. The lowest BCUT2D eigenvalue weighted by Crippen LogP contribution is -2.70. The molecule has 284 valence electrons. The molecule has 1 atom stereocenters. The highest BCUT2D eigenvalue weighted by atomic mass is 19.4. The molecule has 1 unspecified atom stereocenters. The molecule has 27 heteroatoms. The first kappa shape index (κ1) is 47.0. The number of hydrogen-bond donors (Lipinski definition) is 1. The quantitative estimate of drug-likeness (QED) is 0.118. The predicted octanol–water partition coefficient (Wildman–Crippen LogP) is 7.78. The number of carbonyl (C=O) groups is 2. The first-order valence-corrected chi connectivity index (χ1v) is 11.2. The van der Waals surface area contributed by atoms with E-state index in [0.717, 1.165) is 0 Å². The number of hydrogen-bond acceptors (Lipinski definition) is 5. The summed E-state index contributed by atoms with van der Waals surface area (Å²) in [5, 5.41) is 8.95. The van der Waals surface area contributed by atoms with Crippen molar-refractivity contribution in [2.75, 3.05) is 13.2 Å². The molecular formula is C21H16F22O5. The minimum Gasteiger partial charge on any atom is -0.462 e. The SMILES string of the molecule is C=CC(=O)OCC(O)CC(F)(F)C(F)(F)C(F)(C(F)(F)F)C(F)(F)F.C=CC(=O)OCCC(F)(F)C(F)(F)C(F)(C(F)(F)F)C(F)(F)F. The number of ether oxygens (including phenoxy) is 2. The van der Waals surface area contributed by atoms with Crippen LogP contribution in [0.4, 0.5) is 96.6 Å². The highest BCUT2D eigenvalue weighted by molar-refractivity contribution is 5.81. The van der Waals surface area contributed by atoms with E-state index >= 15 is 0 Å². The largest absolute Gasteiger partial charge is 0.462 e. The zero-order valence-electron chi connectivity index (χ0n) is 22.4. The van der Waals surface area contributed by atoms with Gasteiger partial charge in [-0.2, -0.15) is 87.8 Å². The second kappa shape index (κ2) is 14.8. The van der Waals surface area contributed by atoms with Crippen LogP contribution < -0.4 is 0 Å². The van der Waals surface area contributed by atoms with E-state index in [9.17, 15) is 106 Å². The minimum atomic E-state index is -7.59. The predicted molar refractivity (Wildman–Crippen MR) is 109 cm³/mol. The van der Waals surface area contributed by atoms with Gasteiger partial charge in [-0.3, -0.25) is 0 Å². The number of alkyl halides is 22. The third-order valence-corrected chi connectivity index (χ3v) is 5.25. The van der Waals surface area contributed by atoms with E-state index in [0.29, 0.717) is 12.2 Å². The van der Waals surface area contributed by atoms with E-state index in [1.807, 2.05) is 0 Å². The average Bonchev–Trinajstić information content (AvgIpc) is 2.87. The molecule has 0 spiro atoms. The van der Waals surface area contributed by atoms with E-state index in [-0.39, 0.29) is 0 Å². The topological polar surface area (TPSA) is 72.8 Å². The Balaban J connectivity index is 0. The van der Waals surface area contributed by atoms with Crippen molar-refractivity contribution in [1.29, 1.82) is 0 Å². The summed E-state index contributed by atoms with van der Waals surface area (Å²) in [7, 11) is 0. The molecule has 0 aliphatic heterocycles. The summed E-state index contributed by atoms with van der Waals surface area (Å²) in [6.45, 7) is 2.39. The van der Waals surface area contributed by atoms with Crippen LogP contribution in [0.1, 0.15) is 12.8 Å². The van der Waals surface area contributed by atoms with Crippen molar-refractivity contribution in [3.63, 3.8) is 0 Å². The lowest BCUT2D eigenvalue weighted by atomic mass is 9.88. The van der Waals surface area contributed by atoms with Gasteiger partial charge in [0, 0.05) is 18.6 Å². The second-order valence-corrected chi connectivity index (χ2v) is 8.68. The molecule has 0 radical (unpaired) electrons. The fourth-order valence-electron chi connectivity index (χ4n) is 2.75. The molecule has 0 aliphatic rings. The normalized spacial score (nSPS) is 15.1. The van der Waals surface area contributed by atoms with Gasteiger partial charge in [0.15, 0.2) is 0 Å². The second-order valence-electron chi connectivity index (χ2n) is 8.68. The number of esters is 2. The number of aliphatic hydroxyl groups excluding tert-OH is 1. The summed E-state index contributed by atoms with van der Waals surface area (Å²) in [5.41, 5.74) is -15.1. The average molecular weight is 766 g/mol. The zero-order chi connectivity index (χ0) is 39.4. The maximum atomic E-state index is 13.3. The Labute approximate surface area is 251 Å². The monoisotopic (exact) mass is 766 g/mol. The molecule has 0 bridgehead atoms. The van der Waals surface area contributed by atoms with Crippen LogP contribution in [0.5, 0.6) is 0 Å². The van der Waals surface area contributed by atoms with Gasteiger partial charge in [-0.15, -0.1) is 0 Å². The van der Waals surface area contributed by atoms with Crippen LogP contribution >= 0.6 is 0 Å². The van der Waals surface area contributed by atoms with Crippen molar-refractivity contribution in [2.24, 2.45) is 0 Å². The molecule has 48 heavy (non-hydrogen) atoms. The van der Waals surface area contributed by atoms with Gasteiger partial charge in [0.1, 0.15) is 6.61 Å². The van der Waals surface area contributed by atoms with Gasteiger partial charge in [-0.25, -0.2) is 18.4 Å². The fraction of sp³-hybridized carbons (Fsp3) is 0.714. The van der Waals surface area contributed by atoms with Gasteiger partial charge < -0.3 is 14.6 Å². The molecule has 0 fully saturated rings. The Hall–Kier alpha value is -3.16. The van der Waals surface area contributed by atoms with Gasteiger partial charge in [0.05, 0.1) is 19.1 Å². The van der Waals surface area contributed by atoms with Gasteiger partial charge in [-0.1, -0.05) is 13.2 Å². The third-order valence-electron chi connectivity index (χ3n) is 5.25. The van der Waals surface area contributed by atoms with Crippen LogP contribution in [0.15, 0.2) is 25.3 Å². The Morgan fingerprint density at radius 3 is 1.12 bits per heavy atom. The molecule has 0 amide bonds. The van der Waals surface area contributed by atoms with Crippen molar-refractivity contribution in [2.45, 2.75) is 78.7 Å². The highest BCUT2D eigenvalue weighted by Crippen LogP contribution is 2.61. The first-order valence-electron chi connectivity index (χ1n) is 11.2. The molecular weight excluding hydrogens is 750 g/mol. The Morgan fingerprint density at radius 1 is 0.542 bits per heavy atom. The minimum absolute atomic E-state index is 0.362. The maximum Gasteiger partial charge on any atom is 0.438 e. The Morgan fingerprint density at radius 2 is 0.833 bits per heavy atom. The lowest BCUT2D eigenvalue weighted by Gasteiger charge is -2.40. The van der Waals surface area contributed by atoms with Crippen LogP contribution in [0.25, 0.3) is 0 Å². The summed E-state index contributed by atoms with van der Waals surface area (Å²) < 4.78 is 286. The molecule has 0 aromatic rings. The number of aliphatic hydroxyl groups is 1. The van der Waals surface area contributed by atoms with E-state index < -0.39 is 104 Å². The zero-order valence-corrected chi connectivity index (χ0v) is 22.4. The van der Waals surface area contributed by atoms with E-state index in [1.165, 1.54) is 0 Å². The van der Waals surface area contributed by atoms with E-state index in [2.05, 4.69) is 22.6 Å². The van der Waals surface area contributed by atoms with Crippen molar-refractivity contribution in [3.05, 3.63) is 25.3 Å². The van der Waals surface area contributed by atoms with Crippen LogP contribution in [-0.2, 0) is 19.1 Å². The molecule has 0 saturated carbocycles. The summed E-state index contributed by atoms with van der Waals surface area (Å²) >= 11 is 0. The number of rotatable bonds is 13. The summed E-state index contributed by atoms with van der Waals surface area (Å²) in [6, 6.07) is 0. The van der Waals surface area contributed by atoms with Crippen molar-refractivity contribution in [3.8, 4) is 0 Å². The highest BCUT2D eigenvalue weighted by Gasteiger charge is 2.91. The Kier molecular flexibility index (Phi) is 14.4. The van der Waals surface area contributed by atoms with Crippen LogP contribution in [0.2, 0.25) is 0 Å². The van der Waals surface area contributed by atoms with Gasteiger partial charge in [-0.05, 0) is 0 Å². The fourth-order valence-corrected chi connectivity index (χ4v) is 2.75. The van der Waals surface area contributed by atoms with E-state index in [4.69, 9.17) is 5.11 Å². The number of halogens is 22. The lowest BCUT2D eigenvalue weighted by molar-refractivity contribution is -0.428. The van der Waals surface area contributed by atoms with Crippen LogP contribution in [-0.4, -0.2) is 96.1 Å². The molecule has 0 saturated heterocycles. The van der Waals surface area contributed by atoms with Gasteiger partial charge in [0.25, 0.3) is 0 Å². The summed E-state index contributed by atoms with van der Waals surface area (Å²) in [6.07, 6.45) is -36.9. The molecule has 0 aliphatic carbocycles. The molecule has 0 heterocycles. The van der Waals surface area contributed by atoms with Crippen LogP contribution in [0.3, 0.4) is 0 Å². The first-order chi connectivity index (χ1) is 20.8. The van der Waals surface area contributed by atoms with Crippen molar-refractivity contribution < 1.29 is 121 Å². The molecule has 0 aromatic carbocycles. The third kappa shape index (κ3) is 9.29.